The molecule has 0 spiro atoms. The number of methoxy groups -OCH3 is 1. The average molecular weight is 356 g/mol. The Hall–Kier alpha value is -2.31. The second kappa shape index (κ2) is 6.45. The molecule has 1 unspecified atom stereocenters. The van der Waals surface area contributed by atoms with Gasteiger partial charge in [0.05, 0.1) is 18.8 Å². The SMILES string of the molecule is COc1cccc(C2([C@H](C)C3CC3)N=C(N)NC(=N[C@H](C)C3CC3)N2)n1. The molecule has 1 aromatic heterocycles. The van der Waals surface area contributed by atoms with E-state index in [9.17, 15) is 0 Å². The fourth-order valence-electron chi connectivity index (χ4n) is 3.78. The predicted molar refractivity (Wildman–Crippen MR) is 102 cm³/mol. The van der Waals surface area contributed by atoms with Gasteiger partial charge < -0.3 is 15.8 Å². The number of nitrogens with two attached hydrogens (primary N) is 1. The Morgan fingerprint density at radius 2 is 1.96 bits per heavy atom. The van der Waals surface area contributed by atoms with Crippen LogP contribution in [-0.4, -0.2) is 30.1 Å². The summed E-state index contributed by atoms with van der Waals surface area (Å²) >= 11 is 0. The molecule has 0 bridgehead atoms. The molecule has 2 heterocycles. The van der Waals surface area contributed by atoms with Crippen LogP contribution in [0.1, 0.15) is 45.2 Å². The first-order valence-electron chi connectivity index (χ1n) is 9.51. The second-order valence-electron chi connectivity index (χ2n) is 7.76. The normalized spacial score (nSPS) is 29.3. The minimum atomic E-state index is -0.729. The van der Waals surface area contributed by atoms with Crippen molar-refractivity contribution in [2.24, 2.45) is 33.5 Å². The quantitative estimate of drug-likeness (QED) is 0.724. The summed E-state index contributed by atoms with van der Waals surface area (Å²) in [6, 6.07) is 6.04. The van der Waals surface area contributed by atoms with Gasteiger partial charge in [0.1, 0.15) is 0 Å². The van der Waals surface area contributed by atoms with E-state index in [1.165, 1.54) is 25.7 Å². The van der Waals surface area contributed by atoms with Gasteiger partial charge in [0.15, 0.2) is 11.6 Å². The molecule has 140 valence electrons. The van der Waals surface area contributed by atoms with Crippen LogP contribution in [0.25, 0.3) is 0 Å². The van der Waals surface area contributed by atoms with Crippen molar-refractivity contribution in [3.05, 3.63) is 23.9 Å². The monoisotopic (exact) mass is 356 g/mol. The highest BCUT2D eigenvalue weighted by atomic mass is 16.5. The van der Waals surface area contributed by atoms with E-state index in [2.05, 4.69) is 29.5 Å². The molecule has 7 heteroatoms. The van der Waals surface area contributed by atoms with Crippen molar-refractivity contribution in [2.45, 2.75) is 51.2 Å². The van der Waals surface area contributed by atoms with Crippen LogP contribution < -0.4 is 21.1 Å². The van der Waals surface area contributed by atoms with Crippen LogP contribution in [0.3, 0.4) is 0 Å². The molecule has 1 aromatic rings. The molecule has 26 heavy (non-hydrogen) atoms. The predicted octanol–water partition coefficient (Wildman–Crippen LogP) is 1.95. The number of aliphatic imine (C=N–C) groups is 2. The van der Waals surface area contributed by atoms with Crippen LogP contribution in [0, 0.1) is 17.8 Å². The molecular formula is C19H28N6O. The smallest absolute Gasteiger partial charge is 0.213 e. The molecule has 7 nitrogen and oxygen atoms in total. The average Bonchev–Trinajstić information content (AvgIpc) is 3.52. The first kappa shape index (κ1) is 17.1. The number of aromatic nitrogens is 1. The summed E-state index contributed by atoms with van der Waals surface area (Å²) < 4.78 is 5.34. The van der Waals surface area contributed by atoms with Crippen LogP contribution >= 0.6 is 0 Å². The lowest BCUT2D eigenvalue weighted by molar-refractivity contribution is 0.228. The third-order valence-corrected chi connectivity index (χ3v) is 5.80. The Morgan fingerprint density at radius 1 is 1.23 bits per heavy atom. The fraction of sp³-hybridized carbons (Fsp3) is 0.632. The van der Waals surface area contributed by atoms with Gasteiger partial charge in [-0.25, -0.2) is 15.0 Å². The summed E-state index contributed by atoms with van der Waals surface area (Å²) in [5, 5.41) is 6.66. The number of guanidine groups is 2. The third-order valence-electron chi connectivity index (χ3n) is 5.80. The van der Waals surface area contributed by atoms with E-state index in [0.717, 1.165) is 5.69 Å². The van der Waals surface area contributed by atoms with Crippen LogP contribution in [0.4, 0.5) is 0 Å². The lowest BCUT2D eigenvalue weighted by atomic mass is 9.86. The van der Waals surface area contributed by atoms with E-state index in [0.29, 0.717) is 29.6 Å². The summed E-state index contributed by atoms with van der Waals surface area (Å²) in [5.74, 6) is 3.16. The third kappa shape index (κ3) is 3.22. The van der Waals surface area contributed by atoms with Gasteiger partial charge in [0.2, 0.25) is 11.8 Å². The Labute approximate surface area is 154 Å². The maximum absolute atomic E-state index is 6.19. The Bertz CT molecular complexity index is 739. The number of hydrogen-bond acceptors (Lipinski definition) is 5. The van der Waals surface area contributed by atoms with Gasteiger partial charge in [-0.1, -0.05) is 13.0 Å². The first-order valence-corrected chi connectivity index (χ1v) is 9.51. The molecule has 2 fully saturated rings. The van der Waals surface area contributed by atoms with Crippen LogP contribution in [0.15, 0.2) is 28.2 Å². The van der Waals surface area contributed by atoms with Crippen molar-refractivity contribution in [1.29, 1.82) is 0 Å². The van der Waals surface area contributed by atoms with Gasteiger partial charge in [-0.05, 0) is 50.5 Å². The number of nitrogens with one attached hydrogen (secondary N) is 2. The highest BCUT2D eigenvalue weighted by molar-refractivity contribution is 6.00. The van der Waals surface area contributed by atoms with Crippen molar-refractivity contribution in [2.75, 3.05) is 7.11 Å². The van der Waals surface area contributed by atoms with Crippen molar-refractivity contribution >= 4 is 11.9 Å². The van der Waals surface area contributed by atoms with Gasteiger partial charge >= 0.3 is 0 Å². The highest BCUT2D eigenvalue weighted by Crippen LogP contribution is 2.46. The minimum absolute atomic E-state index is 0.240. The maximum atomic E-state index is 6.19. The summed E-state index contributed by atoms with van der Waals surface area (Å²) in [6.45, 7) is 4.38. The van der Waals surface area contributed by atoms with Gasteiger partial charge in [0, 0.05) is 12.0 Å². The maximum Gasteiger partial charge on any atom is 0.213 e. The van der Waals surface area contributed by atoms with Crippen LogP contribution in [-0.2, 0) is 5.66 Å². The zero-order chi connectivity index (χ0) is 18.3. The van der Waals surface area contributed by atoms with E-state index < -0.39 is 5.66 Å². The molecule has 0 radical (unpaired) electrons. The highest BCUT2D eigenvalue weighted by Gasteiger charge is 2.49. The number of nitrogens with zero attached hydrogens (tertiary/aromatic N) is 3. The van der Waals surface area contributed by atoms with E-state index in [4.69, 9.17) is 20.5 Å². The van der Waals surface area contributed by atoms with Crippen LogP contribution in [0.5, 0.6) is 5.88 Å². The molecule has 2 aliphatic carbocycles. The molecule has 0 aromatic carbocycles. The molecule has 3 atom stereocenters. The van der Waals surface area contributed by atoms with Gasteiger partial charge in [-0.15, -0.1) is 0 Å². The molecule has 3 aliphatic rings. The second-order valence-corrected chi connectivity index (χ2v) is 7.76. The standard InChI is InChI=1S/C19H28N6O/c1-11(13-7-8-13)19(15-5-4-6-16(22-15)26-3)24-17(20)23-18(25-19)21-12(2)14-9-10-14/h4-6,11-14H,7-10H2,1-3H3,(H4,20,21,23,24,25)/t11-,12-,19?/m1/s1. The molecule has 2 saturated carbocycles. The minimum Gasteiger partial charge on any atom is -0.481 e. The Morgan fingerprint density at radius 3 is 2.62 bits per heavy atom. The van der Waals surface area contributed by atoms with Gasteiger partial charge in [0.25, 0.3) is 0 Å². The van der Waals surface area contributed by atoms with E-state index in [-0.39, 0.29) is 12.0 Å². The van der Waals surface area contributed by atoms with Crippen molar-refractivity contribution in [3.63, 3.8) is 0 Å². The number of hydrogen-bond donors (Lipinski definition) is 3. The summed E-state index contributed by atoms with van der Waals surface area (Å²) in [5.41, 5.74) is 6.28. The van der Waals surface area contributed by atoms with Crippen molar-refractivity contribution in [1.82, 2.24) is 15.6 Å². The van der Waals surface area contributed by atoms with Crippen LogP contribution in [0.2, 0.25) is 0 Å². The zero-order valence-corrected chi connectivity index (χ0v) is 15.7. The molecule has 0 saturated heterocycles. The molecule has 0 amide bonds. The first-order chi connectivity index (χ1) is 12.5. The lowest BCUT2D eigenvalue weighted by Crippen LogP contribution is -2.62. The summed E-state index contributed by atoms with van der Waals surface area (Å²) in [6.07, 6.45) is 4.93. The topological polar surface area (TPSA) is 96.9 Å². The largest absolute Gasteiger partial charge is 0.481 e. The number of rotatable bonds is 6. The molecule has 4 N–H and O–H groups in total. The van der Waals surface area contributed by atoms with E-state index >= 15 is 0 Å². The Kier molecular flexibility index (Phi) is 4.25. The van der Waals surface area contributed by atoms with Gasteiger partial charge in [-0.3, -0.25) is 5.32 Å². The van der Waals surface area contributed by atoms with Crippen molar-refractivity contribution in [3.8, 4) is 5.88 Å². The van der Waals surface area contributed by atoms with E-state index in [1.54, 1.807) is 7.11 Å². The van der Waals surface area contributed by atoms with E-state index in [1.807, 2.05) is 18.2 Å². The lowest BCUT2D eigenvalue weighted by Gasteiger charge is -2.40. The number of pyridine rings is 1. The Balaban J connectivity index is 1.75. The van der Waals surface area contributed by atoms with Gasteiger partial charge in [-0.2, -0.15) is 0 Å². The number of ether oxygens (including phenoxy) is 1. The molecular weight excluding hydrogens is 328 g/mol. The molecule has 4 rings (SSSR count). The summed E-state index contributed by atoms with van der Waals surface area (Å²) in [7, 11) is 1.63. The summed E-state index contributed by atoms with van der Waals surface area (Å²) in [4.78, 5) is 14.3. The zero-order valence-electron chi connectivity index (χ0n) is 15.7. The fourth-order valence-corrected chi connectivity index (χ4v) is 3.78. The molecule has 1 aliphatic heterocycles. The van der Waals surface area contributed by atoms with Crippen molar-refractivity contribution < 1.29 is 4.74 Å².